The standard InChI is InChI=1S/C19H21N3O/c1-12-7-19-15(11-21-22-19)9-18(12)20-10-14-8-16(23-2)5-6-17(14)13-3-4-13/h5-9,11,13,20H,3-4,10H2,1-2H3,(H,21,22). The summed E-state index contributed by atoms with van der Waals surface area (Å²) in [6, 6.07) is 10.7. The summed E-state index contributed by atoms with van der Waals surface area (Å²) in [5.41, 5.74) is 6.24. The van der Waals surface area contributed by atoms with Crippen LogP contribution >= 0.6 is 0 Å². The number of ether oxygens (including phenoxy) is 1. The third kappa shape index (κ3) is 2.77. The van der Waals surface area contributed by atoms with Gasteiger partial charge < -0.3 is 10.1 Å². The largest absolute Gasteiger partial charge is 0.497 e. The molecule has 0 radical (unpaired) electrons. The van der Waals surface area contributed by atoms with Gasteiger partial charge in [0.2, 0.25) is 0 Å². The molecule has 0 saturated heterocycles. The number of methoxy groups -OCH3 is 1. The van der Waals surface area contributed by atoms with E-state index < -0.39 is 0 Å². The quantitative estimate of drug-likeness (QED) is 0.736. The van der Waals surface area contributed by atoms with E-state index in [9.17, 15) is 0 Å². The first kappa shape index (κ1) is 14.1. The molecule has 2 aromatic carbocycles. The number of H-pyrrole nitrogens is 1. The predicted molar refractivity (Wildman–Crippen MR) is 93.1 cm³/mol. The first-order chi connectivity index (χ1) is 11.2. The average Bonchev–Trinajstić information content (AvgIpc) is 3.31. The molecule has 0 aliphatic heterocycles. The number of fused-ring (bicyclic) bond motifs is 1. The van der Waals surface area contributed by atoms with Crippen LogP contribution in [0.15, 0.2) is 36.5 Å². The Morgan fingerprint density at radius 2 is 2.13 bits per heavy atom. The minimum Gasteiger partial charge on any atom is -0.497 e. The molecule has 4 heteroatoms. The summed E-state index contributed by atoms with van der Waals surface area (Å²) in [7, 11) is 1.72. The van der Waals surface area contributed by atoms with Crippen molar-refractivity contribution in [3.63, 3.8) is 0 Å². The number of anilines is 1. The van der Waals surface area contributed by atoms with E-state index in [0.29, 0.717) is 0 Å². The summed E-state index contributed by atoms with van der Waals surface area (Å²) in [6.07, 6.45) is 4.47. The van der Waals surface area contributed by atoms with Crippen molar-refractivity contribution >= 4 is 16.6 Å². The first-order valence-electron chi connectivity index (χ1n) is 8.09. The van der Waals surface area contributed by atoms with Crippen LogP contribution in [0.25, 0.3) is 10.9 Å². The number of benzene rings is 2. The summed E-state index contributed by atoms with van der Waals surface area (Å²) in [4.78, 5) is 0. The lowest BCUT2D eigenvalue weighted by atomic mass is 10.0. The highest BCUT2D eigenvalue weighted by Gasteiger charge is 2.26. The van der Waals surface area contributed by atoms with Gasteiger partial charge in [-0.1, -0.05) is 6.07 Å². The molecule has 1 aliphatic carbocycles. The second-order valence-electron chi connectivity index (χ2n) is 6.32. The van der Waals surface area contributed by atoms with E-state index in [0.717, 1.165) is 34.8 Å². The molecule has 1 aromatic heterocycles. The van der Waals surface area contributed by atoms with Gasteiger partial charge in [0.25, 0.3) is 0 Å². The third-order valence-corrected chi connectivity index (χ3v) is 4.62. The van der Waals surface area contributed by atoms with Gasteiger partial charge in [-0.05, 0) is 66.6 Å². The second kappa shape index (κ2) is 5.61. The fraction of sp³-hybridized carbons (Fsp3) is 0.316. The number of nitrogens with one attached hydrogen (secondary N) is 2. The molecule has 4 nitrogen and oxygen atoms in total. The molecule has 0 amide bonds. The van der Waals surface area contributed by atoms with E-state index >= 15 is 0 Å². The summed E-state index contributed by atoms with van der Waals surface area (Å²) < 4.78 is 5.39. The van der Waals surface area contributed by atoms with Crippen molar-refractivity contribution in [2.45, 2.75) is 32.2 Å². The minimum atomic E-state index is 0.732. The maximum atomic E-state index is 5.39. The van der Waals surface area contributed by atoms with Crippen LogP contribution in [0.4, 0.5) is 5.69 Å². The molecule has 1 heterocycles. The fourth-order valence-corrected chi connectivity index (χ4v) is 3.14. The van der Waals surface area contributed by atoms with Crippen LogP contribution in [-0.4, -0.2) is 17.3 Å². The maximum absolute atomic E-state index is 5.39. The Balaban J connectivity index is 1.61. The highest BCUT2D eigenvalue weighted by Crippen LogP contribution is 2.42. The first-order valence-corrected chi connectivity index (χ1v) is 8.09. The molecule has 0 atom stereocenters. The molecule has 0 bridgehead atoms. The molecule has 3 aromatic rings. The molecule has 1 fully saturated rings. The highest BCUT2D eigenvalue weighted by molar-refractivity contribution is 5.83. The minimum absolute atomic E-state index is 0.732. The number of aryl methyl sites for hydroxylation is 1. The van der Waals surface area contributed by atoms with Crippen molar-refractivity contribution in [2.24, 2.45) is 0 Å². The number of aromatic nitrogens is 2. The van der Waals surface area contributed by atoms with Gasteiger partial charge in [-0.3, -0.25) is 5.10 Å². The van der Waals surface area contributed by atoms with E-state index in [4.69, 9.17) is 4.74 Å². The Morgan fingerprint density at radius 1 is 1.26 bits per heavy atom. The zero-order chi connectivity index (χ0) is 15.8. The molecular weight excluding hydrogens is 286 g/mol. The van der Waals surface area contributed by atoms with Gasteiger partial charge in [-0.25, -0.2) is 0 Å². The molecule has 1 aliphatic rings. The Hall–Kier alpha value is -2.49. The fourth-order valence-electron chi connectivity index (χ4n) is 3.14. The molecule has 1 saturated carbocycles. The Kier molecular flexibility index (Phi) is 3.45. The van der Waals surface area contributed by atoms with Gasteiger partial charge in [0.1, 0.15) is 5.75 Å². The van der Waals surface area contributed by atoms with Gasteiger partial charge in [-0.2, -0.15) is 5.10 Å². The van der Waals surface area contributed by atoms with Gasteiger partial charge >= 0.3 is 0 Å². The Bertz CT molecular complexity index is 849. The van der Waals surface area contributed by atoms with Crippen molar-refractivity contribution in [1.82, 2.24) is 10.2 Å². The van der Waals surface area contributed by atoms with Gasteiger partial charge in [0.15, 0.2) is 0 Å². The zero-order valence-electron chi connectivity index (χ0n) is 13.5. The molecule has 0 unspecified atom stereocenters. The van der Waals surface area contributed by atoms with E-state index in [-0.39, 0.29) is 0 Å². The summed E-state index contributed by atoms with van der Waals surface area (Å²) in [5.74, 6) is 1.66. The zero-order valence-corrected chi connectivity index (χ0v) is 13.5. The average molecular weight is 307 g/mol. The monoisotopic (exact) mass is 307 g/mol. The maximum Gasteiger partial charge on any atom is 0.119 e. The SMILES string of the molecule is COc1ccc(C2CC2)c(CNc2cc3cn[nH]c3cc2C)c1. The summed E-state index contributed by atoms with van der Waals surface area (Å²) in [6.45, 7) is 2.93. The number of rotatable bonds is 5. The highest BCUT2D eigenvalue weighted by atomic mass is 16.5. The second-order valence-corrected chi connectivity index (χ2v) is 6.32. The molecule has 118 valence electrons. The molecular formula is C19H21N3O. The van der Waals surface area contributed by atoms with Crippen molar-refractivity contribution in [1.29, 1.82) is 0 Å². The van der Waals surface area contributed by atoms with Crippen molar-refractivity contribution < 1.29 is 4.74 Å². The summed E-state index contributed by atoms with van der Waals surface area (Å²) in [5, 5.41) is 11.8. The number of nitrogens with zero attached hydrogens (tertiary/aromatic N) is 1. The van der Waals surface area contributed by atoms with E-state index in [1.54, 1.807) is 7.11 Å². The smallest absolute Gasteiger partial charge is 0.119 e. The van der Waals surface area contributed by atoms with Gasteiger partial charge in [0, 0.05) is 17.6 Å². The predicted octanol–water partition coefficient (Wildman–Crippen LogP) is 4.37. The summed E-state index contributed by atoms with van der Waals surface area (Å²) >= 11 is 0. The van der Waals surface area contributed by atoms with Crippen LogP contribution in [0.5, 0.6) is 5.75 Å². The van der Waals surface area contributed by atoms with Crippen LogP contribution in [0.2, 0.25) is 0 Å². The van der Waals surface area contributed by atoms with E-state index in [1.807, 2.05) is 6.20 Å². The van der Waals surface area contributed by atoms with Gasteiger partial charge in [-0.15, -0.1) is 0 Å². The van der Waals surface area contributed by atoms with E-state index in [1.165, 1.54) is 29.5 Å². The Morgan fingerprint density at radius 3 is 2.91 bits per heavy atom. The van der Waals surface area contributed by atoms with Gasteiger partial charge in [0.05, 0.1) is 18.8 Å². The van der Waals surface area contributed by atoms with Crippen LogP contribution in [-0.2, 0) is 6.54 Å². The number of hydrogen-bond acceptors (Lipinski definition) is 3. The number of hydrogen-bond donors (Lipinski definition) is 2. The lowest BCUT2D eigenvalue weighted by Gasteiger charge is -2.14. The lowest BCUT2D eigenvalue weighted by molar-refractivity contribution is 0.414. The number of aromatic amines is 1. The van der Waals surface area contributed by atoms with Crippen LogP contribution < -0.4 is 10.1 Å². The Labute approximate surface area is 135 Å². The normalized spacial score (nSPS) is 14.2. The van der Waals surface area contributed by atoms with Crippen LogP contribution in [0.1, 0.15) is 35.4 Å². The van der Waals surface area contributed by atoms with Crippen molar-refractivity contribution in [3.8, 4) is 5.75 Å². The van der Waals surface area contributed by atoms with Crippen LogP contribution in [0, 0.1) is 6.92 Å². The van der Waals surface area contributed by atoms with E-state index in [2.05, 4.69) is 52.8 Å². The lowest BCUT2D eigenvalue weighted by Crippen LogP contribution is -2.04. The van der Waals surface area contributed by atoms with Crippen LogP contribution in [0.3, 0.4) is 0 Å². The molecule has 0 spiro atoms. The third-order valence-electron chi connectivity index (χ3n) is 4.62. The molecule has 23 heavy (non-hydrogen) atoms. The van der Waals surface area contributed by atoms with Crippen molar-refractivity contribution in [2.75, 3.05) is 12.4 Å². The van der Waals surface area contributed by atoms with Crippen molar-refractivity contribution in [3.05, 3.63) is 53.2 Å². The molecule has 2 N–H and O–H groups in total. The molecule has 4 rings (SSSR count). The topological polar surface area (TPSA) is 49.9 Å².